The van der Waals surface area contributed by atoms with Gasteiger partial charge in [0.1, 0.15) is 23.3 Å². The normalized spacial score (nSPS) is 15.7. The van der Waals surface area contributed by atoms with Gasteiger partial charge in [0, 0.05) is 40.3 Å². The molecular formula is C72H47F4N. The molecule has 5 heteroatoms. The first-order chi connectivity index (χ1) is 37.7. The van der Waals surface area contributed by atoms with Crippen molar-refractivity contribution in [1.29, 1.82) is 0 Å². The largest absolute Gasteiger partial charge is 0.310 e. The first-order valence-electron chi connectivity index (χ1n) is 25.6. The predicted molar refractivity (Wildman–Crippen MR) is 307 cm³/mol. The molecule has 0 amide bonds. The standard InChI is InChI=1S/C72H47F4N/c1-3-46-21-27-52(28-22-46)71(65-39-31-54(73)42-69(65)75)63-19-10-8-17-59(63)61-37-35-57(44-67(61)71)77(56-33-25-49(26-34-56)51-16-12-15-50(41-51)48-13-6-5-7-14-48)58-36-38-62-60-18-9-11-20-64(60)72(68(62)45-58,53-29-23-47(4-2)24-30-53)66-40-32-55(74)43-70(66)76/h3-45H,1-2H2. The van der Waals surface area contributed by atoms with Gasteiger partial charge in [0.2, 0.25) is 0 Å². The minimum atomic E-state index is -1.23. The van der Waals surface area contributed by atoms with E-state index in [4.69, 9.17) is 0 Å². The van der Waals surface area contributed by atoms with E-state index in [1.54, 1.807) is 24.3 Å². The Kier molecular flexibility index (Phi) is 11.4. The first-order valence-corrected chi connectivity index (χ1v) is 25.6. The minimum Gasteiger partial charge on any atom is -0.310 e. The Hall–Kier alpha value is -9.58. The van der Waals surface area contributed by atoms with Crippen molar-refractivity contribution in [2.24, 2.45) is 0 Å². The van der Waals surface area contributed by atoms with Crippen molar-refractivity contribution in [1.82, 2.24) is 0 Å². The maximum atomic E-state index is 17.0. The minimum absolute atomic E-state index is 0.311. The fraction of sp³-hybridized carbons (Fsp3) is 0.0278. The second-order valence-electron chi connectivity index (χ2n) is 19.8. The second kappa shape index (κ2) is 18.7. The van der Waals surface area contributed by atoms with Crippen LogP contribution in [0.2, 0.25) is 0 Å². The molecule has 13 rings (SSSR count). The SMILES string of the molecule is C=Cc1ccc(C2(c3ccc(F)cc3F)c3ccccc3-c3ccc(N(c4ccc(-c5cccc(-c6ccccc6)c5)cc4)c4ccc5c(c4)C(c4ccc(C=C)cc4)(c4ccc(F)cc4F)c4ccccc4-5)cc32)cc1. The van der Waals surface area contributed by atoms with Crippen LogP contribution in [0.1, 0.15) is 55.6 Å². The number of benzene rings is 11. The van der Waals surface area contributed by atoms with Crippen LogP contribution in [0.25, 0.3) is 56.7 Å². The molecule has 2 aliphatic rings. The summed E-state index contributed by atoms with van der Waals surface area (Å²) in [4.78, 5) is 2.19. The molecule has 0 fully saturated rings. The lowest BCUT2D eigenvalue weighted by Crippen LogP contribution is -2.30. The zero-order valence-corrected chi connectivity index (χ0v) is 41.7. The molecule has 0 heterocycles. The monoisotopic (exact) mass is 1000 g/mol. The molecule has 11 aromatic rings. The summed E-state index contributed by atoms with van der Waals surface area (Å²) in [7, 11) is 0. The lowest BCUT2D eigenvalue weighted by Gasteiger charge is -2.36. The molecule has 11 aromatic carbocycles. The highest BCUT2D eigenvalue weighted by molar-refractivity contribution is 5.93. The van der Waals surface area contributed by atoms with E-state index >= 15 is 17.6 Å². The highest BCUT2D eigenvalue weighted by Gasteiger charge is 2.50. The molecule has 1 nitrogen and oxygen atoms in total. The zero-order valence-electron chi connectivity index (χ0n) is 41.7. The van der Waals surface area contributed by atoms with Crippen LogP contribution < -0.4 is 4.90 Å². The van der Waals surface area contributed by atoms with Crippen LogP contribution in [0.15, 0.2) is 262 Å². The van der Waals surface area contributed by atoms with Crippen LogP contribution in [0.4, 0.5) is 34.6 Å². The van der Waals surface area contributed by atoms with Crippen LogP contribution in [0, 0.1) is 23.3 Å². The second-order valence-corrected chi connectivity index (χ2v) is 19.8. The predicted octanol–water partition coefficient (Wildman–Crippen LogP) is 19.1. The van der Waals surface area contributed by atoms with Crippen LogP contribution in [0.3, 0.4) is 0 Å². The van der Waals surface area contributed by atoms with Gasteiger partial charge in [-0.05, 0) is 144 Å². The molecule has 368 valence electrons. The van der Waals surface area contributed by atoms with Gasteiger partial charge < -0.3 is 4.90 Å². The Morgan fingerprint density at radius 2 is 0.701 bits per heavy atom. The molecule has 77 heavy (non-hydrogen) atoms. The summed E-state index contributed by atoms with van der Waals surface area (Å²) in [6.45, 7) is 8.01. The van der Waals surface area contributed by atoms with E-state index in [-0.39, 0.29) is 0 Å². The summed E-state index contributed by atoms with van der Waals surface area (Å²) < 4.78 is 64.2. The van der Waals surface area contributed by atoms with Crippen LogP contribution in [-0.2, 0) is 10.8 Å². The van der Waals surface area contributed by atoms with E-state index in [1.165, 1.54) is 12.1 Å². The molecule has 2 aliphatic carbocycles. The number of anilines is 3. The first kappa shape index (κ1) is 47.2. The third kappa shape index (κ3) is 7.44. The van der Waals surface area contributed by atoms with Gasteiger partial charge in [-0.2, -0.15) is 0 Å². The molecule has 0 spiro atoms. The van der Waals surface area contributed by atoms with Crippen LogP contribution in [0.5, 0.6) is 0 Å². The van der Waals surface area contributed by atoms with Crippen molar-refractivity contribution in [2.45, 2.75) is 10.8 Å². The summed E-state index contributed by atoms with van der Waals surface area (Å²) in [5.41, 5.74) is 15.2. The van der Waals surface area contributed by atoms with Gasteiger partial charge in [-0.15, -0.1) is 0 Å². The van der Waals surface area contributed by atoms with E-state index in [0.29, 0.717) is 11.1 Å². The van der Waals surface area contributed by atoms with E-state index in [0.717, 1.165) is 118 Å². The van der Waals surface area contributed by atoms with Gasteiger partial charge in [0.15, 0.2) is 0 Å². The van der Waals surface area contributed by atoms with Gasteiger partial charge in [-0.25, -0.2) is 17.6 Å². The Morgan fingerprint density at radius 1 is 0.299 bits per heavy atom. The van der Waals surface area contributed by atoms with Crippen LogP contribution in [-0.4, -0.2) is 0 Å². The summed E-state index contributed by atoms with van der Waals surface area (Å²) in [6.07, 6.45) is 3.55. The molecule has 2 atom stereocenters. The molecule has 0 aliphatic heterocycles. The number of rotatable bonds is 11. The lowest BCUT2D eigenvalue weighted by atomic mass is 9.67. The molecule has 0 saturated heterocycles. The smallest absolute Gasteiger partial charge is 0.130 e. The molecule has 2 unspecified atom stereocenters. The van der Waals surface area contributed by atoms with Gasteiger partial charge in [0.05, 0.1) is 10.8 Å². The average molecular weight is 1000 g/mol. The number of hydrogen-bond donors (Lipinski definition) is 0. The van der Waals surface area contributed by atoms with E-state index in [2.05, 4.69) is 127 Å². The van der Waals surface area contributed by atoms with Gasteiger partial charge in [-0.3, -0.25) is 0 Å². The van der Waals surface area contributed by atoms with E-state index < -0.39 is 34.1 Å². The van der Waals surface area contributed by atoms with E-state index in [9.17, 15) is 0 Å². The van der Waals surface area contributed by atoms with Crippen molar-refractivity contribution >= 4 is 29.2 Å². The van der Waals surface area contributed by atoms with E-state index in [1.807, 2.05) is 103 Å². The quantitative estimate of drug-likeness (QED) is 0.117. The van der Waals surface area contributed by atoms with Gasteiger partial charge in [-0.1, -0.05) is 207 Å². The van der Waals surface area contributed by atoms with Crippen molar-refractivity contribution < 1.29 is 17.6 Å². The highest BCUT2D eigenvalue weighted by Crippen LogP contribution is 2.60. The molecular weight excluding hydrogens is 955 g/mol. The number of hydrogen-bond acceptors (Lipinski definition) is 1. The van der Waals surface area contributed by atoms with Crippen molar-refractivity contribution in [3.63, 3.8) is 0 Å². The third-order valence-electron chi connectivity index (χ3n) is 15.8. The summed E-state index contributed by atoms with van der Waals surface area (Å²) >= 11 is 0. The fourth-order valence-corrected chi connectivity index (χ4v) is 12.4. The van der Waals surface area contributed by atoms with Gasteiger partial charge in [0.25, 0.3) is 0 Å². The maximum Gasteiger partial charge on any atom is 0.130 e. The van der Waals surface area contributed by atoms with Gasteiger partial charge >= 0.3 is 0 Å². The number of nitrogens with zero attached hydrogens (tertiary/aromatic N) is 1. The van der Waals surface area contributed by atoms with Crippen molar-refractivity contribution in [2.75, 3.05) is 4.90 Å². The molecule has 0 saturated carbocycles. The Bertz CT molecular complexity index is 3920. The molecule has 0 N–H and O–H groups in total. The molecule has 0 bridgehead atoms. The molecule has 0 radical (unpaired) electrons. The Labute approximate surface area is 445 Å². The summed E-state index contributed by atoms with van der Waals surface area (Å²) in [5.74, 6) is -2.68. The third-order valence-corrected chi connectivity index (χ3v) is 15.8. The van der Waals surface area contributed by atoms with Crippen LogP contribution >= 0.6 is 0 Å². The fourth-order valence-electron chi connectivity index (χ4n) is 12.4. The van der Waals surface area contributed by atoms with Crippen molar-refractivity contribution in [3.8, 4) is 44.5 Å². The topological polar surface area (TPSA) is 3.24 Å². The average Bonchev–Trinajstić information content (AvgIpc) is 4.16. The summed E-state index contributed by atoms with van der Waals surface area (Å²) in [5, 5.41) is 0. The number of halogens is 4. The summed E-state index contributed by atoms with van der Waals surface area (Å²) in [6, 6.07) is 79.7. The zero-order chi connectivity index (χ0) is 52.4. The Morgan fingerprint density at radius 3 is 1.16 bits per heavy atom. The maximum absolute atomic E-state index is 17.0. The number of fused-ring (bicyclic) bond motifs is 6. The lowest BCUT2D eigenvalue weighted by molar-refractivity contribution is 0.555. The Balaban J connectivity index is 1.07. The highest BCUT2D eigenvalue weighted by atomic mass is 19.1. The molecule has 0 aromatic heterocycles. The van der Waals surface area contributed by atoms with Crippen molar-refractivity contribution in [3.05, 3.63) is 341 Å².